The second-order valence-corrected chi connectivity index (χ2v) is 6.62. The van der Waals surface area contributed by atoms with Gasteiger partial charge in [-0.15, -0.1) is 0 Å². The van der Waals surface area contributed by atoms with Gasteiger partial charge in [0, 0.05) is 20.8 Å². The van der Waals surface area contributed by atoms with E-state index in [4.69, 9.17) is 9.47 Å². The molecule has 0 aliphatic rings. The Labute approximate surface area is 162 Å². The SMILES string of the molecule is CCCCCCCCC(CNc1c(F)c(F)c(F)c(F)c1F)C(O)(OC)OC. The van der Waals surface area contributed by atoms with E-state index in [1.165, 1.54) is 14.2 Å². The molecule has 4 nitrogen and oxygen atoms in total. The number of halogens is 5. The molecule has 1 aromatic rings. The number of hydrogen-bond donors (Lipinski definition) is 2. The fourth-order valence-electron chi connectivity index (χ4n) is 2.99. The van der Waals surface area contributed by atoms with E-state index >= 15 is 0 Å². The summed E-state index contributed by atoms with van der Waals surface area (Å²) in [6, 6.07) is 0. The minimum absolute atomic E-state index is 0.328. The van der Waals surface area contributed by atoms with Gasteiger partial charge in [-0.1, -0.05) is 45.4 Å². The first kappa shape index (κ1) is 24.6. The maximum absolute atomic E-state index is 13.8. The van der Waals surface area contributed by atoms with Crippen molar-refractivity contribution in [2.45, 2.75) is 57.8 Å². The van der Waals surface area contributed by atoms with Gasteiger partial charge in [0.2, 0.25) is 5.82 Å². The predicted molar refractivity (Wildman–Crippen MR) is 95.2 cm³/mol. The van der Waals surface area contributed by atoms with Crippen LogP contribution >= 0.6 is 0 Å². The smallest absolute Gasteiger partial charge is 0.284 e. The number of hydrogen-bond acceptors (Lipinski definition) is 4. The lowest BCUT2D eigenvalue weighted by atomic mass is 9.97. The lowest BCUT2D eigenvalue weighted by Gasteiger charge is -2.33. The van der Waals surface area contributed by atoms with Crippen molar-refractivity contribution in [1.29, 1.82) is 0 Å². The lowest BCUT2D eigenvalue weighted by Crippen LogP contribution is -2.45. The summed E-state index contributed by atoms with van der Waals surface area (Å²) in [4.78, 5) is 0. The summed E-state index contributed by atoms with van der Waals surface area (Å²) in [5.74, 6) is -13.1. The molecule has 1 unspecified atom stereocenters. The first-order chi connectivity index (χ1) is 13.2. The van der Waals surface area contributed by atoms with Crippen LogP contribution in [-0.2, 0) is 9.47 Å². The van der Waals surface area contributed by atoms with Crippen LogP contribution in [0.3, 0.4) is 0 Å². The topological polar surface area (TPSA) is 50.7 Å². The van der Waals surface area contributed by atoms with Gasteiger partial charge in [0.15, 0.2) is 23.3 Å². The Morgan fingerprint density at radius 1 is 0.821 bits per heavy atom. The van der Waals surface area contributed by atoms with Crippen molar-refractivity contribution in [1.82, 2.24) is 0 Å². The fraction of sp³-hybridized carbons (Fsp3) is 0.684. The van der Waals surface area contributed by atoms with E-state index in [-0.39, 0.29) is 6.54 Å². The zero-order valence-electron chi connectivity index (χ0n) is 16.4. The second kappa shape index (κ2) is 11.5. The highest BCUT2D eigenvalue weighted by atomic mass is 19.2. The summed E-state index contributed by atoms with van der Waals surface area (Å²) in [6.07, 6.45) is 6.16. The lowest BCUT2D eigenvalue weighted by molar-refractivity contribution is -0.366. The van der Waals surface area contributed by atoms with Gasteiger partial charge in [0.05, 0.1) is 5.92 Å². The van der Waals surface area contributed by atoms with Crippen molar-refractivity contribution in [2.24, 2.45) is 5.92 Å². The van der Waals surface area contributed by atoms with E-state index in [1.54, 1.807) is 0 Å². The average Bonchev–Trinajstić information content (AvgIpc) is 2.71. The van der Waals surface area contributed by atoms with Crippen LogP contribution in [0.1, 0.15) is 51.9 Å². The molecule has 0 fully saturated rings. The van der Waals surface area contributed by atoms with E-state index in [0.717, 1.165) is 32.1 Å². The zero-order valence-corrected chi connectivity index (χ0v) is 16.4. The third-order valence-corrected chi connectivity index (χ3v) is 4.74. The van der Waals surface area contributed by atoms with Gasteiger partial charge in [0.1, 0.15) is 5.69 Å². The molecule has 1 atom stereocenters. The standard InChI is InChI=1S/C19H28F5NO3/c1-4-5-6-7-8-9-10-12(19(26,27-2)28-3)11-25-18-16(23)14(21)13(20)15(22)17(18)24/h12,25-26H,4-11H2,1-3H3. The number of rotatable bonds is 13. The molecule has 0 saturated carbocycles. The van der Waals surface area contributed by atoms with Gasteiger partial charge in [-0.2, -0.15) is 0 Å². The first-order valence-corrected chi connectivity index (χ1v) is 9.31. The van der Waals surface area contributed by atoms with Crippen molar-refractivity contribution < 1.29 is 36.5 Å². The van der Waals surface area contributed by atoms with Crippen LogP contribution in [-0.4, -0.2) is 31.8 Å². The molecule has 28 heavy (non-hydrogen) atoms. The number of unbranched alkanes of at least 4 members (excludes halogenated alkanes) is 5. The monoisotopic (exact) mass is 413 g/mol. The number of benzene rings is 1. The average molecular weight is 413 g/mol. The molecule has 0 spiro atoms. The number of ether oxygens (including phenoxy) is 2. The van der Waals surface area contributed by atoms with Gasteiger partial charge < -0.3 is 19.9 Å². The Bertz CT molecular complexity index is 597. The third kappa shape index (κ3) is 6.02. The molecule has 0 aliphatic heterocycles. The van der Waals surface area contributed by atoms with Crippen molar-refractivity contribution in [3.63, 3.8) is 0 Å². The molecule has 1 aromatic carbocycles. The molecule has 0 aliphatic carbocycles. The van der Waals surface area contributed by atoms with E-state index in [1.807, 2.05) is 0 Å². The molecule has 9 heteroatoms. The molecule has 0 bridgehead atoms. The van der Waals surface area contributed by atoms with Crippen LogP contribution in [0, 0.1) is 35.0 Å². The Balaban J connectivity index is 2.88. The predicted octanol–water partition coefficient (Wildman–Crippen LogP) is 5.10. The second-order valence-electron chi connectivity index (χ2n) is 6.62. The molecule has 0 amide bonds. The highest BCUT2D eigenvalue weighted by Gasteiger charge is 2.37. The van der Waals surface area contributed by atoms with Gasteiger partial charge >= 0.3 is 0 Å². The van der Waals surface area contributed by atoms with Crippen LogP contribution < -0.4 is 5.32 Å². The largest absolute Gasteiger partial charge is 0.380 e. The highest BCUT2D eigenvalue weighted by Crippen LogP contribution is 2.30. The molecular weight excluding hydrogens is 385 g/mol. The summed E-state index contributed by atoms with van der Waals surface area (Å²) in [6.45, 7) is 1.77. The number of nitrogens with one attached hydrogen (secondary N) is 1. The maximum Gasteiger partial charge on any atom is 0.284 e. The summed E-state index contributed by atoms with van der Waals surface area (Å²) < 4.78 is 77.4. The summed E-state index contributed by atoms with van der Waals surface area (Å²) >= 11 is 0. The maximum atomic E-state index is 13.8. The normalized spacial score (nSPS) is 13.0. The van der Waals surface area contributed by atoms with E-state index in [2.05, 4.69) is 12.2 Å². The van der Waals surface area contributed by atoms with Crippen LogP contribution in [0.15, 0.2) is 0 Å². The van der Waals surface area contributed by atoms with Crippen LogP contribution in [0.2, 0.25) is 0 Å². The van der Waals surface area contributed by atoms with E-state index in [0.29, 0.717) is 12.8 Å². The Hall–Kier alpha value is -1.45. The third-order valence-electron chi connectivity index (χ3n) is 4.74. The number of methoxy groups -OCH3 is 2. The van der Waals surface area contributed by atoms with Gasteiger partial charge in [-0.25, -0.2) is 22.0 Å². The van der Waals surface area contributed by atoms with E-state index < -0.39 is 46.7 Å². The molecule has 0 radical (unpaired) electrons. The van der Waals surface area contributed by atoms with Crippen molar-refractivity contribution in [2.75, 3.05) is 26.1 Å². The van der Waals surface area contributed by atoms with Crippen LogP contribution in [0.25, 0.3) is 0 Å². The minimum Gasteiger partial charge on any atom is -0.380 e. The molecule has 0 heterocycles. The fourth-order valence-corrected chi connectivity index (χ4v) is 2.99. The Kier molecular flexibility index (Phi) is 10.1. The zero-order chi connectivity index (χ0) is 21.3. The Morgan fingerprint density at radius 2 is 1.29 bits per heavy atom. The van der Waals surface area contributed by atoms with Gasteiger partial charge in [0.25, 0.3) is 5.97 Å². The molecule has 0 saturated heterocycles. The summed E-state index contributed by atoms with van der Waals surface area (Å²) in [7, 11) is 2.38. The molecular formula is C19H28F5NO3. The number of anilines is 1. The Morgan fingerprint density at radius 3 is 1.79 bits per heavy atom. The highest BCUT2D eigenvalue weighted by molar-refractivity contribution is 5.47. The minimum atomic E-state index is -2.23. The van der Waals surface area contributed by atoms with Crippen LogP contribution in [0.4, 0.5) is 27.6 Å². The van der Waals surface area contributed by atoms with Crippen molar-refractivity contribution in [3.8, 4) is 0 Å². The molecule has 2 N–H and O–H groups in total. The van der Waals surface area contributed by atoms with Gasteiger partial charge in [-0.05, 0) is 6.42 Å². The van der Waals surface area contributed by atoms with Gasteiger partial charge in [-0.3, -0.25) is 0 Å². The van der Waals surface area contributed by atoms with Crippen molar-refractivity contribution in [3.05, 3.63) is 29.1 Å². The molecule has 1 rings (SSSR count). The molecule has 0 aromatic heterocycles. The summed E-state index contributed by atoms with van der Waals surface area (Å²) in [5, 5.41) is 12.6. The molecule has 162 valence electrons. The van der Waals surface area contributed by atoms with E-state index in [9.17, 15) is 27.1 Å². The summed E-state index contributed by atoms with van der Waals surface area (Å²) in [5.41, 5.74) is -1.15. The first-order valence-electron chi connectivity index (χ1n) is 9.31. The quantitative estimate of drug-likeness (QED) is 0.155. The van der Waals surface area contributed by atoms with Crippen LogP contribution in [0.5, 0.6) is 0 Å². The van der Waals surface area contributed by atoms with Crippen molar-refractivity contribution >= 4 is 5.69 Å². The number of aliphatic hydroxyl groups is 1.